The summed E-state index contributed by atoms with van der Waals surface area (Å²) in [4.78, 5) is 0. The Hall–Kier alpha value is -2.88. The largest absolute Gasteiger partial charge is 0.494 e. The normalized spacial score (nSPS) is 17.4. The van der Waals surface area contributed by atoms with Gasteiger partial charge in [-0.15, -0.1) is 0 Å². The van der Waals surface area contributed by atoms with Gasteiger partial charge in [-0.2, -0.15) is 0 Å². The minimum Gasteiger partial charge on any atom is -0.407 e. The molecule has 1 heterocycles. The van der Waals surface area contributed by atoms with Crippen LogP contribution in [0, 0.1) is 5.41 Å². The molecular formula is C29H29BO2. The standard InChI is InChI=1S/C29H29BO2/c1-28(2)20-31-30(32-29(28,3)4)26-19-25(21-13-7-5-8-14-21)27(22-15-9-6-10-16-22)24-18-12-11-17-23(24)26/h5-19H,20H2,1-4H3. The molecule has 1 aliphatic heterocycles. The zero-order valence-electron chi connectivity index (χ0n) is 19.3. The van der Waals surface area contributed by atoms with Crippen LogP contribution in [0.2, 0.25) is 0 Å². The van der Waals surface area contributed by atoms with Crippen LogP contribution >= 0.6 is 0 Å². The Balaban J connectivity index is 1.78. The van der Waals surface area contributed by atoms with Crippen molar-refractivity contribution in [3.63, 3.8) is 0 Å². The fourth-order valence-electron chi connectivity index (χ4n) is 4.43. The molecule has 4 aromatic rings. The summed E-state index contributed by atoms with van der Waals surface area (Å²) in [7, 11) is -0.407. The van der Waals surface area contributed by atoms with E-state index < -0.39 is 7.12 Å². The molecule has 0 aliphatic carbocycles. The van der Waals surface area contributed by atoms with Crippen LogP contribution in [0.1, 0.15) is 27.7 Å². The molecule has 4 aromatic carbocycles. The quantitative estimate of drug-likeness (QED) is 0.343. The summed E-state index contributed by atoms with van der Waals surface area (Å²) in [6.07, 6.45) is 0. The third kappa shape index (κ3) is 3.56. The average Bonchev–Trinajstić information content (AvgIpc) is 2.81. The van der Waals surface area contributed by atoms with Crippen LogP contribution in [0.15, 0.2) is 91.0 Å². The van der Waals surface area contributed by atoms with E-state index in [9.17, 15) is 0 Å². The number of hydrogen-bond acceptors (Lipinski definition) is 2. The van der Waals surface area contributed by atoms with E-state index in [1.807, 2.05) is 0 Å². The van der Waals surface area contributed by atoms with Gasteiger partial charge in [0.1, 0.15) is 0 Å². The highest BCUT2D eigenvalue weighted by Crippen LogP contribution is 2.41. The molecule has 0 bridgehead atoms. The molecule has 3 heteroatoms. The molecule has 5 rings (SSSR count). The maximum Gasteiger partial charge on any atom is 0.494 e. The first-order valence-corrected chi connectivity index (χ1v) is 11.3. The van der Waals surface area contributed by atoms with Crippen LogP contribution in [0.5, 0.6) is 0 Å². The van der Waals surface area contributed by atoms with E-state index in [0.717, 1.165) is 5.46 Å². The molecular weight excluding hydrogens is 391 g/mol. The highest BCUT2D eigenvalue weighted by molar-refractivity contribution is 6.65. The van der Waals surface area contributed by atoms with E-state index in [-0.39, 0.29) is 11.0 Å². The predicted molar refractivity (Wildman–Crippen MR) is 135 cm³/mol. The summed E-state index contributed by atoms with van der Waals surface area (Å²) < 4.78 is 12.9. The lowest BCUT2D eigenvalue weighted by Crippen LogP contribution is -2.58. The summed E-state index contributed by atoms with van der Waals surface area (Å²) in [6, 6.07) is 32.1. The van der Waals surface area contributed by atoms with Gasteiger partial charge in [0.2, 0.25) is 0 Å². The Morgan fingerprint density at radius 2 is 1.25 bits per heavy atom. The van der Waals surface area contributed by atoms with Crippen LogP contribution in [-0.2, 0) is 9.31 Å². The molecule has 32 heavy (non-hydrogen) atoms. The van der Waals surface area contributed by atoms with Crippen molar-refractivity contribution in [1.29, 1.82) is 0 Å². The van der Waals surface area contributed by atoms with E-state index in [2.05, 4.69) is 119 Å². The van der Waals surface area contributed by atoms with Gasteiger partial charge in [-0.05, 0) is 52.3 Å². The number of rotatable bonds is 3. The number of benzene rings is 4. The van der Waals surface area contributed by atoms with Crippen molar-refractivity contribution in [2.75, 3.05) is 6.61 Å². The number of fused-ring (bicyclic) bond motifs is 1. The zero-order chi connectivity index (χ0) is 22.3. The number of hydrogen-bond donors (Lipinski definition) is 0. The van der Waals surface area contributed by atoms with Crippen molar-refractivity contribution in [2.45, 2.75) is 33.3 Å². The molecule has 160 valence electrons. The average molecular weight is 420 g/mol. The second-order valence-corrected chi connectivity index (χ2v) is 9.82. The molecule has 0 spiro atoms. The molecule has 1 aliphatic rings. The van der Waals surface area contributed by atoms with E-state index in [1.165, 1.54) is 33.0 Å². The van der Waals surface area contributed by atoms with E-state index in [1.54, 1.807) is 0 Å². The first-order valence-electron chi connectivity index (χ1n) is 11.3. The minimum absolute atomic E-state index is 0.0639. The van der Waals surface area contributed by atoms with Crippen molar-refractivity contribution in [3.8, 4) is 22.3 Å². The zero-order valence-corrected chi connectivity index (χ0v) is 19.3. The maximum atomic E-state index is 6.60. The summed E-state index contributed by atoms with van der Waals surface area (Å²) >= 11 is 0. The topological polar surface area (TPSA) is 18.5 Å². The molecule has 1 saturated heterocycles. The van der Waals surface area contributed by atoms with E-state index in [0.29, 0.717) is 6.61 Å². The molecule has 1 fully saturated rings. The lowest BCUT2D eigenvalue weighted by Gasteiger charge is -2.47. The third-order valence-electron chi connectivity index (χ3n) is 7.10. The summed E-state index contributed by atoms with van der Waals surface area (Å²) in [5.41, 5.74) is 5.55. The first-order chi connectivity index (χ1) is 15.4. The second-order valence-electron chi connectivity index (χ2n) is 9.82. The second kappa shape index (κ2) is 7.92. The highest BCUT2D eigenvalue weighted by atomic mass is 16.6. The summed E-state index contributed by atoms with van der Waals surface area (Å²) in [6.45, 7) is 9.40. The van der Waals surface area contributed by atoms with Crippen molar-refractivity contribution >= 4 is 23.4 Å². The van der Waals surface area contributed by atoms with Gasteiger partial charge in [0.15, 0.2) is 0 Å². The molecule has 0 saturated carbocycles. The summed E-state index contributed by atoms with van der Waals surface area (Å²) in [5, 5.41) is 2.39. The van der Waals surface area contributed by atoms with Gasteiger partial charge in [-0.1, -0.05) is 105 Å². The van der Waals surface area contributed by atoms with Gasteiger partial charge >= 0.3 is 7.12 Å². The fourth-order valence-corrected chi connectivity index (χ4v) is 4.43. The fraction of sp³-hybridized carbons (Fsp3) is 0.241. The van der Waals surface area contributed by atoms with Crippen LogP contribution in [0.25, 0.3) is 33.0 Å². The maximum absolute atomic E-state index is 6.60. The van der Waals surface area contributed by atoms with Gasteiger partial charge in [0.25, 0.3) is 0 Å². The molecule has 0 atom stereocenters. The van der Waals surface area contributed by atoms with E-state index in [4.69, 9.17) is 9.31 Å². The van der Waals surface area contributed by atoms with Crippen molar-refractivity contribution in [2.24, 2.45) is 5.41 Å². The lowest BCUT2D eigenvalue weighted by atomic mass is 9.67. The Morgan fingerprint density at radius 3 is 1.88 bits per heavy atom. The Morgan fingerprint density at radius 1 is 0.688 bits per heavy atom. The Labute approximate surface area is 191 Å². The molecule has 0 N–H and O–H groups in total. The van der Waals surface area contributed by atoms with Gasteiger partial charge in [-0.25, -0.2) is 0 Å². The van der Waals surface area contributed by atoms with Crippen molar-refractivity contribution in [3.05, 3.63) is 91.0 Å². The van der Waals surface area contributed by atoms with Crippen LogP contribution in [0.4, 0.5) is 0 Å². The van der Waals surface area contributed by atoms with Crippen molar-refractivity contribution in [1.82, 2.24) is 0 Å². The van der Waals surface area contributed by atoms with Crippen LogP contribution in [0.3, 0.4) is 0 Å². The predicted octanol–water partition coefficient (Wildman–Crippen LogP) is 6.72. The molecule has 0 unspecified atom stereocenters. The summed E-state index contributed by atoms with van der Waals surface area (Å²) in [5.74, 6) is 0. The molecule has 0 radical (unpaired) electrons. The Kier molecular flexibility index (Phi) is 5.19. The van der Waals surface area contributed by atoms with Gasteiger partial charge in [0.05, 0.1) is 5.60 Å². The van der Waals surface area contributed by atoms with E-state index >= 15 is 0 Å². The molecule has 0 amide bonds. The molecule has 2 nitrogen and oxygen atoms in total. The SMILES string of the molecule is CC1(C)COB(c2cc(-c3ccccc3)c(-c3ccccc3)c3ccccc23)OC1(C)C. The molecule has 0 aromatic heterocycles. The van der Waals surface area contributed by atoms with Gasteiger partial charge < -0.3 is 9.31 Å². The van der Waals surface area contributed by atoms with Crippen LogP contribution in [-0.4, -0.2) is 19.3 Å². The van der Waals surface area contributed by atoms with Gasteiger partial charge in [0, 0.05) is 12.0 Å². The van der Waals surface area contributed by atoms with Crippen molar-refractivity contribution < 1.29 is 9.31 Å². The lowest BCUT2D eigenvalue weighted by molar-refractivity contribution is -0.0936. The highest BCUT2D eigenvalue weighted by Gasteiger charge is 2.47. The monoisotopic (exact) mass is 420 g/mol. The van der Waals surface area contributed by atoms with Gasteiger partial charge in [-0.3, -0.25) is 0 Å². The first kappa shape index (κ1) is 21.0. The Bertz CT molecular complexity index is 1250. The van der Waals surface area contributed by atoms with Crippen LogP contribution < -0.4 is 5.46 Å². The smallest absolute Gasteiger partial charge is 0.407 e. The minimum atomic E-state index is -0.407. The third-order valence-corrected chi connectivity index (χ3v) is 7.10.